The van der Waals surface area contributed by atoms with Gasteiger partial charge in [0.05, 0.1) is 17.6 Å². The molecule has 0 aliphatic carbocycles. The highest BCUT2D eigenvalue weighted by Gasteiger charge is 2.37. The van der Waals surface area contributed by atoms with Gasteiger partial charge in [0.2, 0.25) is 5.82 Å². The number of halogens is 3. The lowest BCUT2D eigenvalue weighted by atomic mass is 10.1. The minimum absolute atomic E-state index is 0.256. The zero-order valence-electron chi connectivity index (χ0n) is 14.8. The Morgan fingerprint density at radius 3 is 2.38 bits per heavy atom. The molecule has 3 nitrogen and oxygen atoms in total. The zero-order valence-corrected chi connectivity index (χ0v) is 14.8. The largest absolute Gasteiger partial charge is 0.494 e. The van der Waals surface area contributed by atoms with Crippen molar-refractivity contribution in [2.24, 2.45) is 0 Å². The van der Waals surface area contributed by atoms with E-state index in [4.69, 9.17) is 4.74 Å². The first kappa shape index (κ1) is 18.3. The highest BCUT2D eigenvalue weighted by atomic mass is 19.4. The van der Waals surface area contributed by atoms with Crippen molar-refractivity contribution >= 4 is 11.0 Å². The number of ether oxygens (including phenoxy) is 1. The Labute approximate surface area is 150 Å². The average molecular weight is 362 g/mol. The topological polar surface area (TPSA) is 27.1 Å². The van der Waals surface area contributed by atoms with Gasteiger partial charge in [0, 0.05) is 6.54 Å². The van der Waals surface area contributed by atoms with Gasteiger partial charge in [-0.1, -0.05) is 18.2 Å². The van der Waals surface area contributed by atoms with Crippen molar-refractivity contribution in [3.05, 3.63) is 59.4 Å². The first-order chi connectivity index (χ1) is 12.3. The number of benzene rings is 2. The highest BCUT2D eigenvalue weighted by Crippen LogP contribution is 2.31. The van der Waals surface area contributed by atoms with Crippen LogP contribution in [0.5, 0.6) is 5.75 Å². The molecule has 6 heteroatoms. The van der Waals surface area contributed by atoms with E-state index in [-0.39, 0.29) is 6.54 Å². The van der Waals surface area contributed by atoms with Crippen LogP contribution in [0.3, 0.4) is 0 Å². The molecule has 0 aliphatic rings. The number of imidazole rings is 1. The number of hydrogen-bond acceptors (Lipinski definition) is 2. The molecular weight excluding hydrogens is 341 g/mol. The van der Waals surface area contributed by atoms with Gasteiger partial charge in [-0.15, -0.1) is 0 Å². The van der Waals surface area contributed by atoms with Gasteiger partial charge in [-0.2, -0.15) is 13.2 Å². The maximum Gasteiger partial charge on any atom is 0.449 e. The minimum atomic E-state index is -4.46. The summed E-state index contributed by atoms with van der Waals surface area (Å²) in [6, 6.07) is 12.7. The molecule has 138 valence electrons. The van der Waals surface area contributed by atoms with Gasteiger partial charge in [0.1, 0.15) is 5.75 Å². The van der Waals surface area contributed by atoms with Crippen molar-refractivity contribution in [1.82, 2.24) is 9.55 Å². The number of aryl methyl sites for hydroxylation is 3. The number of aromatic nitrogens is 2. The van der Waals surface area contributed by atoms with Gasteiger partial charge in [-0.05, 0) is 62.1 Å². The molecule has 0 amide bonds. The Bertz CT molecular complexity index is 879. The first-order valence-electron chi connectivity index (χ1n) is 8.58. The molecule has 0 saturated carbocycles. The molecule has 3 rings (SSSR count). The molecule has 0 fully saturated rings. The third kappa shape index (κ3) is 4.18. The van der Waals surface area contributed by atoms with Crippen molar-refractivity contribution in [3.63, 3.8) is 0 Å². The average Bonchev–Trinajstić information content (AvgIpc) is 2.93. The van der Waals surface area contributed by atoms with Crippen LogP contribution in [0.4, 0.5) is 13.2 Å². The van der Waals surface area contributed by atoms with Crippen molar-refractivity contribution in [1.29, 1.82) is 0 Å². The van der Waals surface area contributed by atoms with Crippen LogP contribution in [0.2, 0.25) is 0 Å². The predicted molar refractivity (Wildman–Crippen MR) is 95.4 cm³/mol. The van der Waals surface area contributed by atoms with Gasteiger partial charge in [-0.3, -0.25) is 0 Å². The summed E-state index contributed by atoms with van der Waals surface area (Å²) in [5.41, 5.74) is 3.13. The van der Waals surface area contributed by atoms with E-state index in [1.54, 1.807) is 24.3 Å². The number of hydrogen-bond donors (Lipinski definition) is 0. The summed E-state index contributed by atoms with van der Waals surface area (Å²) in [4.78, 5) is 3.76. The normalized spacial score (nSPS) is 11.9. The Balaban J connectivity index is 1.63. The van der Waals surface area contributed by atoms with Crippen LogP contribution in [0.1, 0.15) is 29.8 Å². The van der Waals surface area contributed by atoms with Crippen molar-refractivity contribution in [2.75, 3.05) is 6.61 Å². The lowest BCUT2D eigenvalue weighted by Gasteiger charge is -2.12. The fourth-order valence-corrected chi connectivity index (χ4v) is 3.10. The third-order valence-electron chi connectivity index (χ3n) is 4.15. The molecule has 0 bridgehead atoms. The highest BCUT2D eigenvalue weighted by molar-refractivity contribution is 5.76. The maximum absolute atomic E-state index is 13.3. The van der Waals surface area contributed by atoms with Crippen LogP contribution in [0.25, 0.3) is 11.0 Å². The summed E-state index contributed by atoms with van der Waals surface area (Å²) in [6.07, 6.45) is -3.22. The van der Waals surface area contributed by atoms with Crippen molar-refractivity contribution < 1.29 is 17.9 Å². The minimum Gasteiger partial charge on any atom is -0.494 e. The van der Waals surface area contributed by atoms with E-state index in [0.29, 0.717) is 30.5 Å². The Hall–Kier alpha value is -2.50. The smallest absolute Gasteiger partial charge is 0.449 e. The van der Waals surface area contributed by atoms with Crippen LogP contribution in [0, 0.1) is 13.8 Å². The molecule has 0 unspecified atom stereocenters. The standard InChI is InChI=1S/C20H21F3N2O/c1-14-11-15(2)13-16(12-14)26-10-6-5-9-25-18-8-4-3-7-17(18)24-19(25)20(21,22)23/h3-4,7-8,11-13H,5-6,9-10H2,1-2H3. The van der Waals surface area contributed by atoms with Crippen LogP contribution in [0.15, 0.2) is 42.5 Å². The lowest BCUT2D eigenvalue weighted by Crippen LogP contribution is -2.15. The monoisotopic (exact) mass is 362 g/mol. The van der Waals surface area contributed by atoms with E-state index >= 15 is 0 Å². The maximum atomic E-state index is 13.3. The van der Waals surface area contributed by atoms with Crippen molar-refractivity contribution in [3.8, 4) is 5.75 Å². The SMILES string of the molecule is Cc1cc(C)cc(OCCCCn2c(C(F)(F)F)nc3ccccc32)c1. The van der Waals surface area contributed by atoms with Crippen LogP contribution in [-0.4, -0.2) is 16.2 Å². The number of fused-ring (bicyclic) bond motifs is 1. The van der Waals surface area contributed by atoms with E-state index in [1.807, 2.05) is 26.0 Å². The summed E-state index contributed by atoms with van der Waals surface area (Å²) in [7, 11) is 0. The molecule has 1 heterocycles. The molecule has 1 aromatic heterocycles. The first-order valence-corrected chi connectivity index (χ1v) is 8.58. The van der Waals surface area contributed by atoms with Gasteiger partial charge in [0.15, 0.2) is 0 Å². The van der Waals surface area contributed by atoms with E-state index in [2.05, 4.69) is 11.1 Å². The summed E-state index contributed by atoms with van der Waals surface area (Å²) < 4.78 is 46.7. The van der Waals surface area contributed by atoms with E-state index < -0.39 is 12.0 Å². The molecule has 0 atom stereocenters. The summed E-state index contributed by atoms with van der Waals surface area (Å²) in [6.45, 7) is 4.73. The molecule has 0 saturated heterocycles. The third-order valence-corrected chi connectivity index (χ3v) is 4.15. The van der Waals surface area contributed by atoms with Crippen molar-refractivity contribution in [2.45, 2.75) is 39.4 Å². The molecule has 0 spiro atoms. The van der Waals surface area contributed by atoms with E-state index in [0.717, 1.165) is 16.9 Å². The van der Waals surface area contributed by atoms with Gasteiger partial charge < -0.3 is 9.30 Å². The quantitative estimate of drug-likeness (QED) is 0.539. The Morgan fingerprint density at radius 2 is 1.69 bits per heavy atom. The Kier molecular flexibility index (Phi) is 5.20. The summed E-state index contributed by atoms with van der Waals surface area (Å²) >= 11 is 0. The van der Waals surface area contributed by atoms with Crippen LogP contribution < -0.4 is 4.74 Å². The number of alkyl halides is 3. The molecule has 0 aliphatic heterocycles. The second kappa shape index (κ2) is 7.40. The van der Waals surface area contributed by atoms with Crippen LogP contribution >= 0.6 is 0 Å². The van der Waals surface area contributed by atoms with Crippen LogP contribution in [-0.2, 0) is 12.7 Å². The van der Waals surface area contributed by atoms with Gasteiger partial charge in [0.25, 0.3) is 0 Å². The van der Waals surface area contributed by atoms with E-state index in [9.17, 15) is 13.2 Å². The fraction of sp³-hybridized carbons (Fsp3) is 0.350. The van der Waals surface area contributed by atoms with Gasteiger partial charge in [-0.25, -0.2) is 4.98 Å². The molecule has 2 aromatic carbocycles. The molecule has 0 radical (unpaired) electrons. The van der Waals surface area contributed by atoms with E-state index in [1.165, 1.54) is 4.57 Å². The number of unbranched alkanes of at least 4 members (excludes halogenated alkanes) is 1. The molecular formula is C20H21F3N2O. The zero-order chi connectivity index (χ0) is 18.7. The lowest BCUT2D eigenvalue weighted by molar-refractivity contribution is -0.147. The fourth-order valence-electron chi connectivity index (χ4n) is 3.10. The molecule has 3 aromatic rings. The van der Waals surface area contributed by atoms with Gasteiger partial charge >= 0.3 is 6.18 Å². The number of nitrogens with zero attached hydrogens (tertiary/aromatic N) is 2. The second-order valence-electron chi connectivity index (χ2n) is 6.45. The predicted octanol–water partition coefficient (Wildman–Crippen LogP) is 5.53. The Morgan fingerprint density at radius 1 is 1.00 bits per heavy atom. The molecule has 26 heavy (non-hydrogen) atoms. The molecule has 0 N–H and O–H groups in total. The summed E-state index contributed by atoms with van der Waals surface area (Å²) in [5.74, 6) is -0.0412. The summed E-state index contributed by atoms with van der Waals surface area (Å²) in [5, 5.41) is 0. The number of para-hydroxylation sites is 2. The number of rotatable bonds is 6. The second-order valence-corrected chi connectivity index (χ2v) is 6.45.